The van der Waals surface area contributed by atoms with E-state index in [0.717, 1.165) is 17.5 Å². The molecule has 2 rings (SSSR count). The molecule has 0 aromatic heterocycles. The summed E-state index contributed by atoms with van der Waals surface area (Å²) in [6, 6.07) is 12.9. The zero-order valence-corrected chi connectivity index (χ0v) is 30.1. The number of carbonyl (C=O) groups excluding carboxylic acids is 5. The summed E-state index contributed by atoms with van der Waals surface area (Å²) in [5, 5.41) is 5.49. The zero-order valence-electron chi connectivity index (χ0n) is 30.1. The van der Waals surface area contributed by atoms with E-state index < -0.39 is 64.7 Å². The van der Waals surface area contributed by atoms with Crippen LogP contribution in [0.1, 0.15) is 105 Å². The van der Waals surface area contributed by atoms with Crippen molar-refractivity contribution in [1.82, 2.24) is 15.5 Å². The van der Waals surface area contributed by atoms with Crippen molar-refractivity contribution in [3.05, 3.63) is 71.3 Å². The van der Waals surface area contributed by atoms with Gasteiger partial charge in [0.2, 0.25) is 17.7 Å². The second-order valence-corrected chi connectivity index (χ2v) is 14.9. The minimum absolute atomic E-state index is 0.127. The summed E-state index contributed by atoms with van der Waals surface area (Å²) in [5.74, 6) is -2.54. The van der Waals surface area contributed by atoms with Gasteiger partial charge in [0.05, 0.1) is 0 Å². The summed E-state index contributed by atoms with van der Waals surface area (Å²) in [4.78, 5) is 68.7. The van der Waals surface area contributed by atoms with Crippen molar-refractivity contribution in [2.24, 2.45) is 5.73 Å². The number of nitrogens with one attached hydrogen (secondary N) is 2. The van der Waals surface area contributed by atoms with Gasteiger partial charge in [-0.2, -0.15) is 0 Å². The van der Waals surface area contributed by atoms with Gasteiger partial charge in [0, 0.05) is 18.4 Å². The summed E-state index contributed by atoms with van der Waals surface area (Å²) in [6.07, 6.45) is -0.290. The number of esters is 1. The second kappa shape index (κ2) is 16.6. The molecule has 48 heavy (non-hydrogen) atoms. The Hall–Kier alpha value is -4.41. The van der Waals surface area contributed by atoms with Gasteiger partial charge < -0.3 is 30.7 Å². The number of aryl methyl sites for hydroxylation is 1. The highest BCUT2D eigenvalue weighted by Gasteiger charge is 2.43. The minimum atomic E-state index is -1.26. The number of benzene rings is 2. The molecule has 0 aliphatic carbocycles. The van der Waals surface area contributed by atoms with Crippen LogP contribution < -0.4 is 16.4 Å². The van der Waals surface area contributed by atoms with Crippen LogP contribution in [-0.4, -0.2) is 63.5 Å². The number of rotatable bonds is 13. The number of ether oxygens (including phenoxy) is 2. The van der Waals surface area contributed by atoms with E-state index in [1.807, 2.05) is 49.4 Å². The Labute approximate surface area is 285 Å². The third-order valence-corrected chi connectivity index (χ3v) is 7.13. The SMILES string of the molecule is CCc1ccc(C(C(=O)NC(Cc2ccccc2)C(=O)OC(C)(C)C)N(C(=O)C(CCC(N)=O)NC(=O)OC(C)(C)C)C(C)(C)C)cc1. The molecule has 4 amide bonds. The van der Waals surface area contributed by atoms with Crippen LogP contribution in [0.25, 0.3) is 0 Å². The van der Waals surface area contributed by atoms with Crippen molar-refractivity contribution in [1.29, 1.82) is 0 Å². The molecule has 4 N–H and O–H groups in total. The molecule has 2 aromatic carbocycles. The predicted molar refractivity (Wildman–Crippen MR) is 185 cm³/mol. The fourth-order valence-corrected chi connectivity index (χ4v) is 5.03. The third-order valence-electron chi connectivity index (χ3n) is 7.13. The molecule has 264 valence electrons. The van der Waals surface area contributed by atoms with Crippen molar-refractivity contribution in [3.8, 4) is 0 Å². The number of hydrogen-bond acceptors (Lipinski definition) is 7. The highest BCUT2D eigenvalue weighted by atomic mass is 16.6. The van der Waals surface area contributed by atoms with Crippen LogP contribution in [0.5, 0.6) is 0 Å². The Morgan fingerprint density at radius 3 is 1.79 bits per heavy atom. The zero-order chi connectivity index (χ0) is 36.4. The number of carbonyl (C=O) groups is 5. The van der Waals surface area contributed by atoms with Gasteiger partial charge >= 0.3 is 12.1 Å². The van der Waals surface area contributed by atoms with Gasteiger partial charge in [-0.05, 0) is 91.8 Å². The normalized spacial score (nSPS) is 13.8. The van der Waals surface area contributed by atoms with Crippen molar-refractivity contribution >= 4 is 29.8 Å². The Balaban J connectivity index is 2.68. The molecule has 3 atom stereocenters. The van der Waals surface area contributed by atoms with E-state index in [1.165, 1.54) is 4.90 Å². The number of alkyl carbamates (subject to hydrolysis) is 1. The molecule has 2 aromatic rings. The monoisotopic (exact) mass is 666 g/mol. The fraction of sp³-hybridized carbons (Fsp3) is 0.541. The van der Waals surface area contributed by atoms with Crippen LogP contribution in [0.3, 0.4) is 0 Å². The molecule has 0 radical (unpaired) electrons. The third kappa shape index (κ3) is 13.0. The maximum absolute atomic E-state index is 14.6. The summed E-state index contributed by atoms with van der Waals surface area (Å²) in [7, 11) is 0. The molecular formula is C37H54N4O7. The number of nitrogens with zero attached hydrogens (tertiary/aromatic N) is 1. The lowest BCUT2D eigenvalue weighted by molar-refractivity contribution is -0.159. The molecule has 0 spiro atoms. The standard InChI is InChI=1S/C37H54N4O7/c1-11-24-17-19-26(20-18-24)30(31(43)39-28(33(45)47-36(5,6)7)23-25-15-13-12-14-16-25)41(35(2,3)4)32(44)27(21-22-29(38)42)40-34(46)48-37(8,9)10/h12-20,27-28,30H,11,21-23H2,1-10H3,(H2,38,42)(H,39,43)(H,40,46). The van der Waals surface area contributed by atoms with E-state index in [-0.39, 0.29) is 19.3 Å². The maximum atomic E-state index is 14.6. The van der Waals surface area contributed by atoms with Crippen molar-refractivity contribution in [2.75, 3.05) is 0 Å². The van der Waals surface area contributed by atoms with Gasteiger partial charge in [-0.3, -0.25) is 14.4 Å². The van der Waals surface area contributed by atoms with E-state index >= 15 is 0 Å². The summed E-state index contributed by atoms with van der Waals surface area (Å²) in [6.45, 7) is 17.6. The van der Waals surface area contributed by atoms with Crippen LogP contribution in [0.15, 0.2) is 54.6 Å². The Kier molecular flexibility index (Phi) is 13.8. The highest BCUT2D eigenvalue weighted by Crippen LogP contribution is 2.31. The summed E-state index contributed by atoms with van der Waals surface area (Å²) in [5.41, 5.74) is 5.07. The van der Waals surface area contributed by atoms with Crippen LogP contribution >= 0.6 is 0 Å². The van der Waals surface area contributed by atoms with Crippen molar-refractivity contribution in [3.63, 3.8) is 0 Å². The number of hydrogen-bond donors (Lipinski definition) is 3. The average Bonchev–Trinajstić information content (AvgIpc) is 2.95. The highest BCUT2D eigenvalue weighted by molar-refractivity contribution is 5.94. The van der Waals surface area contributed by atoms with Gasteiger partial charge in [0.15, 0.2) is 0 Å². The minimum Gasteiger partial charge on any atom is -0.458 e. The van der Waals surface area contributed by atoms with E-state index in [4.69, 9.17) is 15.2 Å². The lowest BCUT2D eigenvalue weighted by atomic mass is 9.93. The lowest BCUT2D eigenvalue weighted by Gasteiger charge is -2.43. The molecule has 0 saturated heterocycles. The average molecular weight is 667 g/mol. The molecular weight excluding hydrogens is 612 g/mol. The molecule has 0 bridgehead atoms. The first-order chi connectivity index (χ1) is 22.1. The number of amides is 4. The summed E-state index contributed by atoms with van der Waals surface area (Å²) < 4.78 is 11.1. The molecule has 0 saturated carbocycles. The van der Waals surface area contributed by atoms with Gasteiger partial charge in [-0.15, -0.1) is 0 Å². The van der Waals surface area contributed by atoms with Crippen molar-refractivity contribution < 1.29 is 33.4 Å². The van der Waals surface area contributed by atoms with Crippen LogP contribution in [0, 0.1) is 0 Å². The molecule has 0 aliphatic rings. The first-order valence-electron chi connectivity index (χ1n) is 16.4. The van der Waals surface area contributed by atoms with Gasteiger partial charge in [0.25, 0.3) is 0 Å². The Bertz CT molecular complexity index is 1400. The van der Waals surface area contributed by atoms with Gasteiger partial charge in [-0.1, -0.05) is 61.5 Å². The van der Waals surface area contributed by atoms with Gasteiger partial charge in [-0.25, -0.2) is 9.59 Å². The molecule has 3 unspecified atom stereocenters. The lowest BCUT2D eigenvalue weighted by Crippen LogP contribution is -2.59. The Morgan fingerprint density at radius 2 is 1.31 bits per heavy atom. The van der Waals surface area contributed by atoms with E-state index in [0.29, 0.717) is 5.56 Å². The molecule has 11 heteroatoms. The largest absolute Gasteiger partial charge is 0.458 e. The van der Waals surface area contributed by atoms with Crippen LogP contribution in [0.4, 0.5) is 4.79 Å². The smallest absolute Gasteiger partial charge is 0.408 e. The molecule has 0 fully saturated rings. The van der Waals surface area contributed by atoms with Gasteiger partial charge in [0.1, 0.15) is 29.3 Å². The fourth-order valence-electron chi connectivity index (χ4n) is 5.03. The van der Waals surface area contributed by atoms with E-state index in [1.54, 1.807) is 74.4 Å². The quantitative estimate of drug-likeness (QED) is 0.250. The first kappa shape index (κ1) is 39.8. The first-order valence-corrected chi connectivity index (χ1v) is 16.4. The number of nitrogens with two attached hydrogens (primary N) is 1. The van der Waals surface area contributed by atoms with Crippen LogP contribution in [-0.2, 0) is 41.5 Å². The van der Waals surface area contributed by atoms with E-state index in [9.17, 15) is 24.0 Å². The molecule has 11 nitrogen and oxygen atoms in total. The summed E-state index contributed by atoms with van der Waals surface area (Å²) >= 11 is 0. The Morgan fingerprint density at radius 1 is 0.750 bits per heavy atom. The van der Waals surface area contributed by atoms with Crippen molar-refractivity contribution in [2.45, 2.75) is 130 Å². The second-order valence-electron chi connectivity index (χ2n) is 14.9. The maximum Gasteiger partial charge on any atom is 0.408 e. The van der Waals surface area contributed by atoms with E-state index in [2.05, 4.69) is 10.6 Å². The topological polar surface area (TPSA) is 157 Å². The molecule has 0 aliphatic heterocycles. The number of primary amides is 1. The molecule has 0 heterocycles. The predicted octanol–water partition coefficient (Wildman–Crippen LogP) is 5.15. The van der Waals surface area contributed by atoms with Crippen LogP contribution in [0.2, 0.25) is 0 Å².